The molecule has 0 aliphatic rings. The van der Waals surface area contributed by atoms with Crippen molar-refractivity contribution in [2.45, 2.75) is 30.6 Å². The summed E-state index contributed by atoms with van der Waals surface area (Å²) in [7, 11) is -6.65. The Bertz CT molecular complexity index is 1820. The molecule has 0 saturated carbocycles. The zero-order valence-corrected chi connectivity index (χ0v) is 25.7. The number of nitrogens with zero attached hydrogens (tertiary/aromatic N) is 4. The Morgan fingerprint density at radius 1 is 0.698 bits per heavy atom. The lowest BCUT2D eigenvalue weighted by Crippen LogP contribution is -2.07. The van der Waals surface area contributed by atoms with Crippen LogP contribution in [0.1, 0.15) is 30.5 Å². The molecule has 3 aromatic carbocycles. The molecule has 0 fully saturated rings. The van der Waals surface area contributed by atoms with Gasteiger partial charge < -0.3 is 5.32 Å². The molecule has 0 atom stereocenters. The van der Waals surface area contributed by atoms with Crippen LogP contribution >= 0.6 is 0 Å². The van der Waals surface area contributed by atoms with Crippen LogP contribution in [-0.2, 0) is 19.7 Å². The quantitative estimate of drug-likeness (QED) is 0.161. The van der Waals surface area contributed by atoms with Crippen molar-refractivity contribution in [2.75, 3.05) is 28.7 Å². The van der Waals surface area contributed by atoms with Crippen LogP contribution in [0.4, 0.5) is 27.7 Å². The van der Waals surface area contributed by atoms with Gasteiger partial charge in [-0.25, -0.2) is 21.2 Å². The molecule has 4 aromatic rings. The van der Waals surface area contributed by atoms with Crippen molar-refractivity contribution in [1.29, 1.82) is 0 Å². The summed E-state index contributed by atoms with van der Waals surface area (Å²) in [6.07, 6.45) is 2.28. The maximum atomic E-state index is 14.5. The first-order valence-electron chi connectivity index (χ1n) is 12.8. The van der Waals surface area contributed by atoms with Crippen molar-refractivity contribution in [3.05, 3.63) is 95.3 Å². The Labute approximate surface area is 249 Å². The fourth-order valence-corrected chi connectivity index (χ4v) is 5.03. The molecule has 11 nitrogen and oxygen atoms in total. The summed E-state index contributed by atoms with van der Waals surface area (Å²) < 4.78 is 61.5. The summed E-state index contributed by atoms with van der Waals surface area (Å²) in [5.41, 5.74) is 9.22. The topological polar surface area (TPSA) is 155 Å². The van der Waals surface area contributed by atoms with Gasteiger partial charge in [0.05, 0.1) is 26.9 Å². The van der Waals surface area contributed by atoms with E-state index in [0.29, 0.717) is 22.6 Å². The molecule has 0 bridgehead atoms. The third-order valence-electron chi connectivity index (χ3n) is 6.17. The summed E-state index contributed by atoms with van der Waals surface area (Å²) >= 11 is 0. The summed E-state index contributed by atoms with van der Waals surface area (Å²) in [5, 5.41) is 11.6. The second-order valence-electron chi connectivity index (χ2n) is 9.78. The van der Waals surface area contributed by atoms with Gasteiger partial charge in [-0.05, 0) is 73.9 Å². The van der Waals surface area contributed by atoms with Crippen molar-refractivity contribution >= 4 is 54.4 Å². The molecule has 1 aromatic heterocycles. The highest BCUT2D eigenvalue weighted by Gasteiger charge is 2.11. The second-order valence-corrected chi connectivity index (χ2v) is 13.8. The lowest BCUT2D eigenvalue weighted by atomic mass is 10.1. The smallest absolute Gasteiger partial charge is 0.231 e. The van der Waals surface area contributed by atoms with E-state index < -0.39 is 25.5 Å². The average molecular weight is 624 g/mol. The lowest BCUT2D eigenvalue weighted by Gasteiger charge is -2.11. The first-order valence-corrected chi connectivity index (χ1v) is 16.6. The van der Waals surface area contributed by atoms with Crippen LogP contribution in [-0.4, -0.2) is 50.7 Å². The zero-order valence-electron chi connectivity index (χ0n) is 24.0. The Kier molecular flexibility index (Phi) is 9.21. The molecule has 224 valence electrons. The third-order valence-corrected chi connectivity index (χ3v) is 8.43. The highest BCUT2D eigenvalue weighted by atomic mass is 32.2. The maximum absolute atomic E-state index is 14.5. The first kappa shape index (κ1) is 31.3. The zero-order chi connectivity index (χ0) is 31.4. The number of benzene rings is 3. The number of halogens is 1. The van der Waals surface area contributed by atoms with Crippen molar-refractivity contribution in [2.24, 2.45) is 10.2 Å². The van der Waals surface area contributed by atoms with Crippen molar-refractivity contribution in [3.8, 4) is 0 Å². The molecule has 43 heavy (non-hydrogen) atoms. The molecular weight excluding hydrogens is 593 g/mol. The van der Waals surface area contributed by atoms with Gasteiger partial charge in [0.2, 0.25) is 5.95 Å². The number of aromatic nitrogens is 2. The highest BCUT2D eigenvalue weighted by molar-refractivity contribution is 7.91. The third kappa shape index (κ3) is 8.42. The van der Waals surface area contributed by atoms with Crippen LogP contribution in [0.5, 0.6) is 0 Å². The van der Waals surface area contributed by atoms with E-state index in [1.165, 1.54) is 30.3 Å². The summed E-state index contributed by atoms with van der Waals surface area (Å²) in [6.45, 7) is 5.32. The van der Waals surface area contributed by atoms with E-state index in [0.717, 1.165) is 18.1 Å². The fraction of sp³-hybridized carbons (Fsp3) is 0.172. The predicted octanol–water partition coefficient (Wildman–Crippen LogP) is 5.15. The molecular formula is C29H30FN7O4S2. The number of nitrogens with one attached hydrogen (secondary N) is 3. The maximum Gasteiger partial charge on any atom is 0.231 e. The molecule has 0 aliphatic carbocycles. The lowest BCUT2D eigenvalue weighted by molar-refractivity contribution is 0.600. The van der Waals surface area contributed by atoms with Gasteiger partial charge in [-0.15, -0.1) is 0 Å². The Hall–Kier alpha value is -4.69. The van der Waals surface area contributed by atoms with Gasteiger partial charge in [-0.1, -0.05) is 30.3 Å². The highest BCUT2D eigenvalue weighted by Crippen LogP contribution is 2.22. The van der Waals surface area contributed by atoms with Crippen LogP contribution in [0.2, 0.25) is 0 Å². The van der Waals surface area contributed by atoms with Crippen LogP contribution in [0.3, 0.4) is 0 Å². The fourth-order valence-electron chi connectivity index (χ4n) is 3.77. The number of hydrogen-bond acceptors (Lipinski definition) is 11. The minimum atomic E-state index is -3.33. The molecule has 0 saturated heterocycles. The van der Waals surface area contributed by atoms with E-state index in [4.69, 9.17) is 0 Å². The van der Waals surface area contributed by atoms with Crippen LogP contribution in [0.15, 0.2) is 92.8 Å². The van der Waals surface area contributed by atoms with Crippen LogP contribution < -0.4 is 16.2 Å². The molecule has 0 spiro atoms. The standard InChI is InChI=1S/C29H30FN7O4S2/c1-18-6-15-25(30)26(16-18)31-29-32-27(36-34-19(2)21-7-11-23(12-8-21)42(4,38)39)17-28(33-29)37-35-20(3)22-9-13-24(14-10-22)43(5,40)41/h6-17H,1-5H3,(H3,31,32,33,36,37). The molecule has 0 aliphatic heterocycles. The largest absolute Gasteiger partial charge is 0.322 e. The summed E-state index contributed by atoms with van der Waals surface area (Å²) in [4.78, 5) is 9.19. The van der Waals surface area contributed by atoms with E-state index in [2.05, 4.69) is 36.3 Å². The number of aryl methyl sites for hydroxylation is 1. The molecule has 4 rings (SSSR count). The molecule has 0 radical (unpaired) electrons. The van der Waals surface area contributed by atoms with E-state index in [-0.39, 0.29) is 33.1 Å². The number of hydrazone groups is 2. The van der Waals surface area contributed by atoms with Crippen molar-refractivity contribution < 1.29 is 21.2 Å². The minimum Gasteiger partial charge on any atom is -0.322 e. The van der Waals surface area contributed by atoms with Gasteiger partial charge >= 0.3 is 0 Å². The van der Waals surface area contributed by atoms with Gasteiger partial charge in [0, 0.05) is 18.6 Å². The second kappa shape index (κ2) is 12.7. The van der Waals surface area contributed by atoms with E-state index in [1.54, 1.807) is 56.3 Å². The number of sulfone groups is 2. The molecule has 0 amide bonds. The molecule has 14 heteroatoms. The van der Waals surface area contributed by atoms with Crippen molar-refractivity contribution in [1.82, 2.24) is 9.97 Å². The van der Waals surface area contributed by atoms with Crippen molar-refractivity contribution in [3.63, 3.8) is 0 Å². The van der Waals surface area contributed by atoms with E-state index >= 15 is 0 Å². The van der Waals surface area contributed by atoms with E-state index in [1.807, 2.05) is 6.92 Å². The molecule has 3 N–H and O–H groups in total. The Morgan fingerprint density at radius 2 is 1.14 bits per heavy atom. The number of anilines is 4. The van der Waals surface area contributed by atoms with E-state index in [9.17, 15) is 21.2 Å². The number of hydrogen-bond donors (Lipinski definition) is 3. The Balaban J connectivity index is 1.62. The monoisotopic (exact) mass is 623 g/mol. The van der Waals surface area contributed by atoms with Crippen LogP contribution in [0.25, 0.3) is 0 Å². The van der Waals surface area contributed by atoms with Gasteiger partial charge in [0.1, 0.15) is 5.82 Å². The minimum absolute atomic E-state index is 0.0627. The SMILES string of the molecule is CC(=NNc1cc(NN=C(C)c2ccc(S(C)(=O)=O)cc2)nc(Nc2cc(C)ccc2F)n1)c1ccc(S(C)(=O)=O)cc1. The molecule has 0 unspecified atom stereocenters. The first-order chi connectivity index (χ1) is 20.2. The van der Waals surface area contributed by atoms with Crippen LogP contribution in [0, 0.1) is 12.7 Å². The van der Waals surface area contributed by atoms with Gasteiger partial charge in [-0.2, -0.15) is 20.2 Å². The summed E-state index contributed by atoms with van der Waals surface area (Å²) in [6, 6.07) is 18.8. The number of rotatable bonds is 10. The van der Waals surface area contributed by atoms with Gasteiger partial charge in [-0.3, -0.25) is 10.9 Å². The summed E-state index contributed by atoms with van der Waals surface area (Å²) in [5.74, 6) is 0.0867. The molecule has 1 heterocycles. The average Bonchev–Trinajstić information content (AvgIpc) is 2.95. The van der Waals surface area contributed by atoms with Gasteiger partial charge in [0.15, 0.2) is 31.3 Å². The predicted molar refractivity (Wildman–Crippen MR) is 167 cm³/mol. The van der Waals surface area contributed by atoms with Gasteiger partial charge in [0.25, 0.3) is 0 Å². The Morgan fingerprint density at radius 3 is 1.56 bits per heavy atom. The normalized spacial score (nSPS) is 12.6.